The van der Waals surface area contributed by atoms with Gasteiger partial charge in [0.05, 0.1) is 0 Å². The highest BCUT2D eigenvalue weighted by Gasteiger charge is 2.79. The van der Waals surface area contributed by atoms with Gasteiger partial charge in [-0.1, -0.05) is 0 Å². The van der Waals surface area contributed by atoms with Crippen LogP contribution in [0.1, 0.15) is 13.8 Å². The molecule has 0 radical (unpaired) electrons. The Labute approximate surface area is 158 Å². The molecule has 0 aromatic rings. The third kappa shape index (κ3) is 1.62. The third-order valence-corrected chi connectivity index (χ3v) is 5.40. The van der Waals surface area contributed by atoms with Crippen molar-refractivity contribution in [2.45, 2.75) is 13.8 Å². The highest BCUT2D eigenvalue weighted by Crippen LogP contribution is 2.44. The number of imide groups is 4. The number of carbonyl (C=O) groups is 8. The van der Waals surface area contributed by atoms with E-state index >= 15 is 0 Å². The van der Waals surface area contributed by atoms with Gasteiger partial charge in [0.25, 0.3) is 58.1 Å². The molecule has 4 saturated heterocycles. The number of likely N-dealkylation sites (tertiary alicyclic amines) is 4. The molecule has 4 aliphatic heterocycles. The van der Waals surface area contributed by atoms with Crippen LogP contribution in [0.5, 0.6) is 0 Å². The van der Waals surface area contributed by atoms with Gasteiger partial charge in [-0.3, -0.25) is 58.0 Å². The van der Waals surface area contributed by atoms with Crippen molar-refractivity contribution in [2.75, 3.05) is 27.2 Å². The number of β-lactam (4-membered cyclic amide) rings is 8. The summed E-state index contributed by atoms with van der Waals surface area (Å²) < 4.78 is 0. The van der Waals surface area contributed by atoms with Gasteiger partial charge in [0.2, 0.25) is 0 Å². The second-order valence-corrected chi connectivity index (χ2v) is 6.55. The molecule has 148 valence electrons. The van der Waals surface area contributed by atoms with Gasteiger partial charge in [-0.15, -0.1) is 0 Å². The lowest BCUT2D eigenvalue weighted by molar-refractivity contribution is -0.201. The van der Waals surface area contributed by atoms with E-state index in [0.717, 1.165) is 19.6 Å². The van der Waals surface area contributed by atoms with E-state index in [0.29, 0.717) is 0 Å². The molecule has 0 N–H and O–H groups in total. The van der Waals surface area contributed by atoms with Gasteiger partial charge in [-0.25, -0.2) is 0 Å². The SMILES string of the molecule is CCN1C(=O)C2(C(=O)N(C)C2=O)C1=O.CCN1C(=O)C2(C(=O)N(C)C2=O)C1=O. The van der Waals surface area contributed by atoms with Crippen LogP contribution in [0.3, 0.4) is 0 Å². The zero-order valence-electron chi connectivity index (χ0n) is 15.5. The minimum atomic E-state index is -1.98. The number of hydrogen-bond donors (Lipinski definition) is 0. The van der Waals surface area contributed by atoms with Crippen LogP contribution in [-0.2, 0) is 38.4 Å². The van der Waals surface area contributed by atoms with E-state index in [-0.39, 0.29) is 13.1 Å². The Kier molecular flexibility index (Phi) is 3.82. The fourth-order valence-electron chi connectivity index (χ4n) is 3.65. The minimum Gasteiger partial charge on any atom is -0.282 e. The lowest BCUT2D eigenvalue weighted by Crippen LogP contribution is -2.83. The quantitative estimate of drug-likeness (QED) is 0.351. The summed E-state index contributed by atoms with van der Waals surface area (Å²) in [5.74, 6) is -5.55. The van der Waals surface area contributed by atoms with Gasteiger partial charge in [0.15, 0.2) is 0 Å². The van der Waals surface area contributed by atoms with Gasteiger partial charge >= 0.3 is 0 Å². The van der Waals surface area contributed by atoms with Crippen LogP contribution < -0.4 is 0 Å². The summed E-state index contributed by atoms with van der Waals surface area (Å²) in [5, 5.41) is 0. The Morgan fingerprint density at radius 3 is 0.893 bits per heavy atom. The van der Waals surface area contributed by atoms with Crippen molar-refractivity contribution in [3.05, 3.63) is 0 Å². The molecule has 0 aromatic carbocycles. The first-order valence-corrected chi connectivity index (χ1v) is 8.36. The third-order valence-electron chi connectivity index (χ3n) is 5.40. The molecule has 12 heteroatoms. The highest BCUT2D eigenvalue weighted by molar-refractivity contribution is 6.53. The van der Waals surface area contributed by atoms with Crippen LogP contribution in [0.25, 0.3) is 0 Å². The summed E-state index contributed by atoms with van der Waals surface area (Å²) in [7, 11) is 2.51. The van der Waals surface area contributed by atoms with Gasteiger partial charge in [-0.2, -0.15) is 0 Å². The van der Waals surface area contributed by atoms with Gasteiger partial charge < -0.3 is 0 Å². The summed E-state index contributed by atoms with van der Waals surface area (Å²) in [5.41, 5.74) is -3.96. The number of nitrogens with zero attached hydrogens (tertiary/aromatic N) is 4. The predicted molar refractivity (Wildman–Crippen MR) is 85.2 cm³/mol. The van der Waals surface area contributed by atoms with E-state index < -0.39 is 58.1 Å². The van der Waals surface area contributed by atoms with Crippen LogP contribution >= 0.6 is 0 Å². The predicted octanol–water partition coefficient (Wildman–Crippen LogP) is -3.28. The fourth-order valence-corrected chi connectivity index (χ4v) is 3.65. The zero-order valence-corrected chi connectivity index (χ0v) is 15.5. The van der Waals surface area contributed by atoms with E-state index in [1.165, 1.54) is 14.1 Å². The maximum atomic E-state index is 11.4. The number of hydrogen-bond acceptors (Lipinski definition) is 8. The normalized spacial score (nSPS) is 24.1. The molecule has 8 amide bonds. The molecule has 0 atom stereocenters. The van der Waals surface area contributed by atoms with Crippen LogP contribution in [0.15, 0.2) is 0 Å². The van der Waals surface area contributed by atoms with E-state index in [1.54, 1.807) is 13.8 Å². The number of amides is 8. The smallest absolute Gasteiger partial charge is 0.282 e. The van der Waals surface area contributed by atoms with E-state index in [2.05, 4.69) is 0 Å². The summed E-state index contributed by atoms with van der Waals surface area (Å²) in [6, 6.07) is 0. The molecule has 4 heterocycles. The Morgan fingerprint density at radius 2 is 0.714 bits per heavy atom. The van der Waals surface area contributed by atoms with Crippen molar-refractivity contribution in [3.8, 4) is 0 Å². The van der Waals surface area contributed by atoms with Crippen molar-refractivity contribution in [1.82, 2.24) is 19.6 Å². The average Bonchev–Trinajstić information content (AvgIpc) is 2.69. The first-order chi connectivity index (χ1) is 13.0. The van der Waals surface area contributed by atoms with Crippen LogP contribution in [0.2, 0.25) is 0 Å². The molecule has 0 aliphatic carbocycles. The van der Waals surface area contributed by atoms with Gasteiger partial charge in [-0.05, 0) is 13.8 Å². The minimum absolute atomic E-state index is 0.198. The molecule has 4 fully saturated rings. The van der Waals surface area contributed by atoms with Crippen molar-refractivity contribution in [1.29, 1.82) is 0 Å². The van der Waals surface area contributed by atoms with Crippen LogP contribution in [0, 0.1) is 10.8 Å². The Morgan fingerprint density at radius 1 is 0.500 bits per heavy atom. The molecule has 12 nitrogen and oxygen atoms in total. The monoisotopic (exact) mass is 392 g/mol. The molecule has 4 aliphatic rings. The fraction of sp³-hybridized carbons (Fsp3) is 0.500. The Balaban J connectivity index is 0.000000161. The molecular formula is C16H16N4O8. The second-order valence-electron chi connectivity index (χ2n) is 6.55. The lowest BCUT2D eigenvalue weighted by atomic mass is 9.69. The molecular weight excluding hydrogens is 376 g/mol. The Hall–Kier alpha value is -3.44. The lowest BCUT2D eigenvalue weighted by Gasteiger charge is -2.51. The topological polar surface area (TPSA) is 150 Å². The molecule has 0 unspecified atom stereocenters. The average molecular weight is 392 g/mol. The highest BCUT2D eigenvalue weighted by atomic mass is 16.2. The summed E-state index contributed by atoms with van der Waals surface area (Å²) in [4.78, 5) is 94.2. The van der Waals surface area contributed by atoms with Gasteiger partial charge in [0, 0.05) is 27.2 Å². The molecule has 0 saturated carbocycles. The maximum Gasteiger partial charge on any atom is 0.284 e. The van der Waals surface area contributed by atoms with E-state index in [1.807, 2.05) is 0 Å². The molecule has 0 aromatic heterocycles. The Bertz CT molecular complexity index is 780. The molecule has 2 spiro atoms. The first-order valence-electron chi connectivity index (χ1n) is 8.36. The number of rotatable bonds is 2. The largest absolute Gasteiger partial charge is 0.284 e. The van der Waals surface area contributed by atoms with Crippen molar-refractivity contribution < 1.29 is 38.4 Å². The summed E-state index contributed by atoms with van der Waals surface area (Å²) in [6.07, 6.45) is 0. The summed E-state index contributed by atoms with van der Waals surface area (Å²) >= 11 is 0. The molecule has 4 rings (SSSR count). The maximum absolute atomic E-state index is 11.4. The first kappa shape index (κ1) is 19.3. The van der Waals surface area contributed by atoms with Gasteiger partial charge in [0.1, 0.15) is 0 Å². The number of carbonyl (C=O) groups excluding carboxylic acids is 8. The second kappa shape index (κ2) is 5.53. The van der Waals surface area contributed by atoms with Crippen molar-refractivity contribution in [3.63, 3.8) is 0 Å². The molecule has 28 heavy (non-hydrogen) atoms. The van der Waals surface area contributed by atoms with Crippen molar-refractivity contribution >= 4 is 47.3 Å². The van der Waals surface area contributed by atoms with Crippen LogP contribution in [-0.4, -0.2) is 94.0 Å². The zero-order chi connectivity index (χ0) is 21.3. The van der Waals surface area contributed by atoms with E-state index in [4.69, 9.17) is 0 Å². The van der Waals surface area contributed by atoms with E-state index in [9.17, 15) is 38.4 Å². The van der Waals surface area contributed by atoms with Crippen molar-refractivity contribution in [2.24, 2.45) is 10.8 Å². The molecule has 0 bridgehead atoms. The standard InChI is InChI=1S/2C8H8N2O4/c2*1-3-10-6(13)8(7(10)14)4(11)9(2)5(8)12/h2*3H2,1-2H3. The van der Waals surface area contributed by atoms with Crippen LogP contribution in [0.4, 0.5) is 0 Å². The summed E-state index contributed by atoms with van der Waals surface area (Å²) in [6.45, 7) is 3.62.